The standard InChI is InChI=1S/C13H16FN3O2/c14-10-4-3-8(13(15)19)6-11(10)17-12(18)7-9-2-1-5-16-9/h3-4,6,9,16H,1-2,5,7H2,(H2,15,19)(H,17,18). The lowest BCUT2D eigenvalue weighted by Crippen LogP contribution is -2.27. The van der Waals surface area contributed by atoms with Crippen molar-refractivity contribution in [3.8, 4) is 0 Å². The molecule has 0 bridgehead atoms. The summed E-state index contributed by atoms with van der Waals surface area (Å²) in [7, 11) is 0. The van der Waals surface area contributed by atoms with E-state index in [9.17, 15) is 14.0 Å². The van der Waals surface area contributed by atoms with Crippen LogP contribution in [0.2, 0.25) is 0 Å². The molecule has 1 atom stereocenters. The van der Waals surface area contributed by atoms with E-state index >= 15 is 0 Å². The number of anilines is 1. The van der Waals surface area contributed by atoms with Crippen molar-refractivity contribution >= 4 is 17.5 Å². The summed E-state index contributed by atoms with van der Waals surface area (Å²) in [5.74, 6) is -1.52. The summed E-state index contributed by atoms with van der Waals surface area (Å²) in [6.07, 6.45) is 2.28. The molecule has 0 spiro atoms. The third kappa shape index (κ3) is 3.51. The van der Waals surface area contributed by atoms with Gasteiger partial charge in [-0.25, -0.2) is 4.39 Å². The number of benzene rings is 1. The molecule has 0 radical (unpaired) electrons. The van der Waals surface area contributed by atoms with Gasteiger partial charge >= 0.3 is 0 Å². The zero-order valence-electron chi connectivity index (χ0n) is 10.4. The minimum absolute atomic E-state index is 0.0145. The van der Waals surface area contributed by atoms with Gasteiger partial charge in [0.15, 0.2) is 0 Å². The lowest BCUT2D eigenvalue weighted by Gasteiger charge is -2.11. The highest BCUT2D eigenvalue weighted by atomic mass is 19.1. The summed E-state index contributed by atoms with van der Waals surface area (Å²) >= 11 is 0. The van der Waals surface area contributed by atoms with E-state index in [-0.39, 0.29) is 23.2 Å². The van der Waals surface area contributed by atoms with Gasteiger partial charge in [-0.15, -0.1) is 0 Å². The third-order valence-corrected chi connectivity index (χ3v) is 3.12. The second-order valence-corrected chi connectivity index (χ2v) is 4.60. The number of nitrogens with two attached hydrogens (primary N) is 1. The molecular formula is C13H16FN3O2. The van der Waals surface area contributed by atoms with Crippen LogP contribution in [-0.2, 0) is 4.79 Å². The summed E-state index contributed by atoms with van der Waals surface area (Å²) < 4.78 is 13.5. The highest BCUT2D eigenvalue weighted by Crippen LogP contribution is 2.17. The minimum atomic E-state index is -0.659. The van der Waals surface area contributed by atoms with Gasteiger partial charge in [-0.2, -0.15) is 0 Å². The van der Waals surface area contributed by atoms with Crippen molar-refractivity contribution in [2.24, 2.45) is 5.73 Å². The molecule has 102 valence electrons. The van der Waals surface area contributed by atoms with Gasteiger partial charge in [0.25, 0.3) is 0 Å². The largest absolute Gasteiger partial charge is 0.366 e. The molecule has 4 N–H and O–H groups in total. The van der Waals surface area contributed by atoms with Gasteiger partial charge in [-0.1, -0.05) is 0 Å². The van der Waals surface area contributed by atoms with E-state index in [1.165, 1.54) is 12.1 Å². The maximum absolute atomic E-state index is 13.5. The van der Waals surface area contributed by atoms with Crippen LogP contribution in [-0.4, -0.2) is 24.4 Å². The molecule has 6 heteroatoms. The molecule has 0 saturated carbocycles. The number of hydrogen-bond donors (Lipinski definition) is 3. The molecule has 1 unspecified atom stereocenters. The van der Waals surface area contributed by atoms with Crippen LogP contribution in [0, 0.1) is 5.82 Å². The molecule has 1 aromatic rings. The molecule has 1 aliphatic rings. The summed E-state index contributed by atoms with van der Waals surface area (Å²) in [6, 6.07) is 3.79. The fourth-order valence-electron chi connectivity index (χ4n) is 2.13. The van der Waals surface area contributed by atoms with Gasteiger partial charge < -0.3 is 16.4 Å². The van der Waals surface area contributed by atoms with Crippen molar-refractivity contribution in [3.63, 3.8) is 0 Å². The number of amides is 2. The maximum Gasteiger partial charge on any atom is 0.248 e. The fourth-order valence-corrected chi connectivity index (χ4v) is 2.13. The van der Waals surface area contributed by atoms with Gasteiger partial charge in [0.2, 0.25) is 11.8 Å². The maximum atomic E-state index is 13.5. The molecule has 1 fully saturated rings. The van der Waals surface area contributed by atoms with Crippen molar-refractivity contribution in [2.75, 3.05) is 11.9 Å². The Morgan fingerprint density at radius 2 is 2.26 bits per heavy atom. The lowest BCUT2D eigenvalue weighted by atomic mass is 10.1. The number of nitrogens with one attached hydrogen (secondary N) is 2. The molecule has 2 rings (SSSR count). The van der Waals surface area contributed by atoms with Crippen LogP contribution in [0.4, 0.5) is 10.1 Å². The van der Waals surface area contributed by atoms with Crippen LogP contribution in [0.3, 0.4) is 0 Å². The second kappa shape index (κ2) is 5.79. The van der Waals surface area contributed by atoms with Gasteiger partial charge in [-0.05, 0) is 37.6 Å². The van der Waals surface area contributed by atoms with Crippen molar-refractivity contribution in [3.05, 3.63) is 29.6 Å². The predicted octanol–water partition coefficient (Wildman–Crippen LogP) is 1.01. The first-order chi connectivity index (χ1) is 9.06. The minimum Gasteiger partial charge on any atom is -0.366 e. The Bertz CT molecular complexity index is 499. The summed E-state index contributed by atoms with van der Waals surface area (Å²) in [4.78, 5) is 22.8. The molecule has 5 nitrogen and oxygen atoms in total. The Morgan fingerprint density at radius 1 is 1.47 bits per heavy atom. The second-order valence-electron chi connectivity index (χ2n) is 4.60. The molecular weight excluding hydrogens is 249 g/mol. The summed E-state index contributed by atoms with van der Waals surface area (Å²) in [6.45, 7) is 0.906. The first-order valence-corrected chi connectivity index (χ1v) is 6.19. The molecule has 19 heavy (non-hydrogen) atoms. The number of halogens is 1. The van der Waals surface area contributed by atoms with E-state index < -0.39 is 11.7 Å². The average Bonchev–Trinajstić information content (AvgIpc) is 2.84. The summed E-state index contributed by atoms with van der Waals surface area (Å²) in [5, 5.41) is 5.66. The zero-order valence-corrected chi connectivity index (χ0v) is 10.4. The van der Waals surface area contributed by atoms with E-state index in [0.29, 0.717) is 6.42 Å². The first kappa shape index (κ1) is 13.5. The van der Waals surface area contributed by atoms with Crippen LogP contribution >= 0.6 is 0 Å². The van der Waals surface area contributed by atoms with Gasteiger partial charge in [0.05, 0.1) is 5.69 Å². The third-order valence-electron chi connectivity index (χ3n) is 3.12. The highest BCUT2D eigenvalue weighted by molar-refractivity contribution is 5.96. The number of hydrogen-bond acceptors (Lipinski definition) is 3. The van der Waals surface area contributed by atoms with Crippen LogP contribution in [0.1, 0.15) is 29.6 Å². The lowest BCUT2D eigenvalue weighted by molar-refractivity contribution is -0.116. The molecule has 2 amide bonds. The molecule has 0 aliphatic carbocycles. The predicted molar refractivity (Wildman–Crippen MR) is 69.2 cm³/mol. The molecule has 1 aromatic carbocycles. The first-order valence-electron chi connectivity index (χ1n) is 6.19. The highest BCUT2D eigenvalue weighted by Gasteiger charge is 2.18. The van der Waals surface area contributed by atoms with Crippen molar-refractivity contribution < 1.29 is 14.0 Å². The summed E-state index contributed by atoms with van der Waals surface area (Å²) in [5.41, 5.74) is 5.26. The monoisotopic (exact) mass is 265 g/mol. The van der Waals surface area contributed by atoms with Crippen LogP contribution in [0.5, 0.6) is 0 Å². The molecule has 1 heterocycles. The topological polar surface area (TPSA) is 84.2 Å². The van der Waals surface area contributed by atoms with Crippen LogP contribution in [0.25, 0.3) is 0 Å². The van der Waals surface area contributed by atoms with E-state index in [0.717, 1.165) is 25.5 Å². The number of carbonyl (C=O) groups is 2. The van der Waals surface area contributed by atoms with Gasteiger partial charge in [-0.3, -0.25) is 9.59 Å². The number of rotatable bonds is 4. The Morgan fingerprint density at radius 3 is 2.89 bits per heavy atom. The van der Waals surface area contributed by atoms with E-state index in [4.69, 9.17) is 5.73 Å². The van der Waals surface area contributed by atoms with E-state index in [1.807, 2.05) is 0 Å². The zero-order chi connectivity index (χ0) is 13.8. The van der Waals surface area contributed by atoms with Crippen LogP contribution in [0.15, 0.2) is 18.2 Å². The molecule has 0 aromatic heterocycles. The van der Waals surface area contributed by atoms with E-state index in [1.54, 1.807) is 0 Å². The van der Waals surface area contributed by atoms with Crippen LogP contribution < -0.4 is 16.4 Å². The molecule has 1 aliphatic heterocycles. The Labute approximate surface area is 110 Å². The van der Waals surface area contributed by atoms with Crippen molar-refractivity contribution in [1.29, 1.82) is 0 Å². The number of primary amides is 1. The fraction of sp³-hybridized carbons (Fsp3) is 0.385. The Kier molecular flexibility index (Phi) is 4.11. The van der Waals surface area contributed by atoms with E-state index in [2.05, 4.69) is 10.6 Å². The van der Waals surface area contributed by atoms with Crippen molar-refractivity contribution in [1.82, 2.24) is 5.32 Å². The molecule has 1 saturated heterocycles. The quantitative estimate of drug-likeness (QED) is 0.759. The number of carbonyl (C=O) groups excluding carboxylic acids is 2. The van der Waals surface area contributed by atoms with Gasteiger partial charge in [0.1, 0.15) is 5.82 Å². The SMILES string of the molecule is NC(=O)c1ccc(F)c(NC(=O)CC2CCCN2)c1. The Balaban J connectivity index is 2.02. The Hall–Kier alpha value is -1.95. The van der Waals surface area contributed by atoms with Gasteiger partial charge in [0, 0.05) is 18.0 Å². The smallest absolute Gasteiger partial charge is 0.248 e. The average molecular weight is 265 g/mol. The van der Waals surface area contributed by atoms with Crippen molar-refractivity contribution in [2.45, 2.75) is 25.3 Å². The normalized spacial score (nSPS) is 18.3.